The van der Waals surface area contributed by atoms with Crippen LogP contribution in [0.1, 0.15) is 64.5 Å². The van der Waals surface area contributed by atoms with Gasteiger partial charge in [-0.1, -0.05) is 63.9 Å². The molecular formula is C20H31NO2. The van der Waals surface area contributed by atoms with Crippen LogP contribution in [0.15, 0.2) is 30.3 Å². The zero-order valence-electron chi connectivity index (χ0n) is 14.7. The Morgan fingerprint density at radius 3 is 2.65 bits per heavy atom. The molecule has 2 rings (SSSR count). The second-order valence-corrected chi connectivity index (χ2v) is 7.72. The fourth-order valence-corrected chi connectivity index (χ4v) is 4.14. The van der Waals surface area contributed by atoms with E-state index in [2.05, 4.69) is 26.1 Å². The largest absolute Gasteiger partial charge is 0.387 e. The molecule has 1 fully saturated rings. The highest BCUT2D eigenvalue weighted by atomic mass is 16.3. The topological polar surface area (TPSA) is 49.3 Å². The molecule has 2 unspecified atom stereocenters. The van der Waals surface area contributed by atoms with E-state index in [0.29, 0.717) is 5.92 Å². The molecule has 3 heteroatoms. The molecule has 3 atom stereocenters. The van der Waals surface area contributed by atoms with Crippen molar-refractivity contribution < 1.29 is 9.90 Å². The molecule has 128 valence electrons. The monoisotopic (exact) mass is 317 g/mol. The van der Waals surface area contributed by atoms with E-state index < -0.39 is 6.10 Å². The average molecular weight is 317 g/mol. The average Bonchev–Trinajstić information content (AvgIpc) is 2.52. The van der Waals surface area contributed by atoms with Gasteiger partial charge in [-0.05, 0) is 36.2 Å². The maximum absolute atomic E-state index is 12.7. The van der Waals surface area contributed by atoms with E-state index in [1.165, 1.54) is 6.42 Å². The number of hydrogen-bond donors (Lipinski definition) is 2. The third kappa shape index (κ3) is 4.81. The van der Waals surface area contributed by atoms with Gasteiger partial charge in [-0.2, -0.15) is 0 Å². The lowest BCUT2D eigenvalue weighted by Gasteiger charge is -2.42. The van der Waals surface area contributed by atoms with Gasteiger partial charge in [0.2, 0.25) is 5.91 Å². The second kappa shape index (κ2) is 7.96. The quantitative estimate of drug-likeness (QED) is 0.830. The van der Waals surface area contributed by atoms with Crippen molar-refractivity contribution in [3.8, 4) is 0 Å². The Hall–Kier alpha value is -1.35. The Morgan fingerprint density at radius 2 is 2.00 bits per heavy atom. The summed E-state index contributed by atoms with van der Waals surface area (Å²) in [4.78, 5) is 12.7. The van der Waals surface area contributed by atoms with Gasteiger partial charge in [-0.3, -0.25) is 4.79 Å². The molecule has 0 radical (unpaired) electrons. The summed E-state index contributed by atoms with van der Waals surface area (Å²) in [6.07, 6.45) is 4.90. The van der Waals surface area contributed by atoms with Gasteiger partial charge < -0.3 is 10.4 Å². The van der Waals surface area contributed by atoms with Crippen LogP contribution in [0.4, 0.5) is 0 Å². The highest BCUT2D eigenvalue weighted by Crippen LogP contribution is 2.45. The molecule has 1 saturated carbocycles. The van der Waals surface area contributed by atoms with E-state index >= 15 is 0 Å². The van der Waals surface area contributed by atoms with Crippen molar-refractivity contribution in [2.75, 3.05) is 6.54 Å². The van der Waals surface area contributed by atoms with Crippen LogP contribution in [0.2, 0.25) is 0 Å². The molecule has 1 aromatic rings. The minimum atomic E-state index is -0.639. The summed E-state index contributed by atoms with van der Waals surface area (Å²) in [5.74, 6) is 0.785. The number of benzene rings is 1. The van der Waals surface area contributed by atoms with Crippen molar-refractivity contribution in [2.24, 2.45) is 17.3 Å². The van der Waals surface area contributed by atoms with Gasteiger partial charge in [0.05, 0.1) is 6.10 Å². The molecule has 1 aliphatic carbocycles. The number of aliphatic hydroxyl groups is 1. The molecule has 3 nitrogen and oxygen atoms in total. The first-order valence-electron chi connectivity index (χ1n) is 8.93. The molecule has 0 spiro atoms. The first kappa shape index (κ1) is 18.0. The lowest BCUT2D eigenvalue weighted by molar-refractivity contribution is -0.131. The van der Waals surface area contributed by atoms with Crippen molar-refractivity contribution in [1.29, 1.82) is 0 Å². The van der Waals surface area contributed by atoms with Crippen molar-refractivity contribution in [3.05, 3.63) is 35.9 Å². The third-order valence-corrected chi connectivity index (χ3v) is 5.18. The molecule has 0 aliphatic heterocycles. The lowest BCUT2D eigenvalue weighted by Crippen LogP contribution is -2.44. The minimum Gasteiger partial charge on any atom is -0.387 e. The standard InChI is InChI=1S/C20H31NO2/c1-15(2)13-20(3)12-8-7-11-17(20)19(23)21-14-18(22)16-9-5-4-6-10-16/h4-6,9-10,15,17-18,22H,7-8,11-14H2,1-3H3,(H,21,23)/t17?,18-,20?/m0/s1. The van der Waals surface area contributed by atoms with Crippen LogP contribution in [0, 0.1) is 17.3 Å². The normalized spacial score (nSPS) is 26.0. The van der Waals surface area contributed by atoms with E-state index in [0.717, 1.165) is 31.2 Å². The molecule has 0 saturated heterocycles. The minimum absolute atomic E-state index is 0.0709. The maximum Gasteiger partial charge on any atom is 0.223 e. The number of carbonyl (C=O) groups excluding carboxylic acids is 1. The number of hydrogen-bond acceptors (Lipinski definition) is 2. The molecule has 1 amide bonds. The van der Waals surface area contributed by atoms with Gasteiger partial charge in [0.15, 0.2) is 0 Å². The summed E-state index contributed by atoms with van der Waals surface area (Å²) in [6, 6.07) is 9.51. The number of carbonyl (C=O) groups is 1. The van der Waals surface area contributed by atoms with Gasteiger partial charge in [0, 0.05) is 12.5 Å². The van der Waals surface area contributed by atoms with Crippen molar-refractivity contribution in [2.45, 2.75) is 59.0 Å². The first-order valence-corrected chi connectivity index (χ1v) is 8.93. The summed E-state index contributed by atoms with van der Waals surface area (Å²) in [6.45, 7) is 7.02. The predicted molar refractivity (Wildman–Crippen MR) is 93.9 cm³/mol. The second-order valence-electron chi connectivity index (χ2n) is 7.72. The smallest absolute Gasteiger partial charge is 0.223 e. The fraction of sp³-hybridized carbons (Fsp3) is 0.650. The van der Waals surface area contributed by atoms with Crippen LogP contribution >= 0.6 is 0 Å². The van der Waals surface area contributed by atoms with Crippen LogP contribution in [0.25, 0.3) is 0 Å². The van der Waals surface area contributed by atoms with E-state index in [1.807, 2.05) is 30.3 Å². The lowest BCUT2D eigenvalue weighted by atomic mass is 9.63. The Bertz CT molecular complexity index is 500. The summed E-state index contributed by atoms with van der Waals surface area (Å²) < 4.78 is 0. The summed E-state index contributed by atoms with van der Waals surface area (Å²) in [5.41, 5.74) is 0.940. The molecule has 0 heterocycles. The zero-order valence-corrected chi connectivity index (χ0v) is 14.7. The number of nitrogens with one attached hydrogen (secondary N) is 1. The van der Waals surface area contributed by atoms with E-state index in [1.54, 1.807) is 0 Å². The van der Waals surface area contributed by atoms with Crippen molar-refractivity contribution in [1.82, 2.24) is 5.32 Å². The molecule has 0 aromatic heterocycles. The Kier molecular flexibility index (Phi) is 6.23. The highest BCUT2D eigenvalue weighted by Gasteiger charge is 2.41. The van der Waals surface area contributed by atoms with E-state index in [9.17, 15) is 9.90 Å². The van der Waals surface area contributed by atoms with Crippen LogP contribution in [0.5, 0.6) is 0 Å². The van der Waals surface area contributed by atoms with Crippen molar-refractivity contribution in [3.63, 3.8) is 0 Å². The molecule has 2 N–H and O–H groups in total. The number of amides is 1. The number of rotatable bonds is 6. The van der Waals surface area contributed by atoms with Gasteiger partial charge in [-0.15, -0.1) is 0 Å². The fourth-order valence-electron chi connectivity index (χ4n) is 4.14. The molecular weight excluding hydrogens is 286 g/mol. The molecule has 0 bridgehead atoms. The van der Waals surface area contributed by atoms with Gasteiger partial charge in [-0.25, -0.2) is 0 Å². The predicted octanol–water partition coefficient (Wildman–Crippen LogP) is 4.08. The number of aliphatic hydroxyl groups excluding tert-OH is 1. The Balaban J connectivity index is 1.95. The van der Waals surface area contributed by atoms with E-state index in [4.69, 9.17) is 0 Å². The van der Waals surface area contributed by atoms with Crippen LogP contribution < -0.4 is 5.32 Å². The van der Waals surface area contributed by atoms with E-state index in [-0.39, 0.29) is 23.8 Å². The first-order chi connectivity index (χ1) is 10.9. The molecule has 23 heavy (non-hydrogen) atoms. The van der Waals surface area contributed by atoms with Crippen LogP contribution in [0.3, 0.4) is 0 Å². The summed E-state index contributed by atoms with van der Waals surface area (Å²) in [5, 5.41) is 13.2. The van der Waals surface area contributed by atoms with Gasteiger partial charge >= 0.3 is 0 Å². The molecule has 1 aliphatic rings. The SMILES string of the molecule is CC(C)CC1(C)CCCCC1C(=O)NC[C@H](O)c1ccccc1. The Labute approximate surface area is 140 Å². The highest BCUT2D eigenvalue weighted by molar-refractivity contribution is 5.79. The van der Waals surface area contributed by atoms with Crippen molar-refractivity contribution >= 4 is 5.91 Å². The van der Waals surface area contributed by atoms with Gasteiger partial charge in [0.1, 0.15) is 0 Å². The van der Waals surface area contributed by atoms with Crippen LogP contribution in [-0.4, -0.2) is 17.6 Å². The maximum atomic E-state index is 12.7. The summed E-state index contributed by atoms with van der Waals surface area (Å²) >= 11 is 0. The zero-order chi connectivity index (χ0) is 16.9. The van der Waals surface area contributed by atoms with Gasteiger partial charge in [0.25, 0.3) is 0 Å². The third-order valence-electron chi connectivity index (χ3n) is 5.18. The van der Waals surface area contributed by atoms with Crippen LogP contribution in [-0.2, 0) is 4.79 Å². The molecule has 1 aromatic carbocycles. The Morgan fingerprint density at radius 1 is 1.30 bits per heavy atom. The summed E-state index contributed by atoms with van der Waals surface area (Å²) in [7, 11) is 0.